The van der Waals surface area contributed by atoms with Crippen molar-refractivity contribution >= 4 is 39.1 Å². The number of anilines is 1. The van der Waals surface area contributed by atoms with Gasteiger partial charge in [0.25, 0.3) is 15.9 Å². The molecule has 2 aromatic rings. The van der Waals surface area contributed by atoms with Gasteiger partial charge >= 0.3 is 0 Å². The predicted octanol–water partition coefficient (Wildman–Crippen LogP) is 3.91. The lowest BCUT2D eigenvalue weighted by molar-refractivity contribution is -0.145. The summed E-state index contributed by atoms with van der Waals surface area (Å²) >= 11 is 6.37. The molecule has 0 radical (unpaired) electrons. The maximum atomic E-state index is 13.5. The second-order valence-corrected chi connectivity index (χ2v) is 14.9. The maximum Gasteiger partial charge on any atom is 0.265 e. The smallest absolute Gasteiger partial charge is 0.265 e. The Morgan fingerprint density at radius 1 is 1.10 bits per heavy atom. The van der Waals surface area contributed by atoms with Gasteiger partial charge in [0.15, 0.2) is 0 Å². The number of likely N-dealkylation sites (N-methyl/N-ethyl adjacent to an activating group) is 1. The Labute approximate surface area is 252 Å². The van der Waals surface area contributed by atoms with Crippen molar-refractivity contribution in [3.8, 4) is 5.75 Å². The number of nitrogens with zero attached hydrogens (tertiary/aromatic N) is 2. The largest absolute Gasteiger partial charge is 0.490 e. The Kier molecular flexibility index (Phi) is 7.47. The number of benzene rings is 2. The van der Waals surface area contributed by atoms with Crippen LogP contribution in [0.2, 0.25) is 5.02 Å². The maximum absolute atomic E-state index is 13.5. The highest BCUT2D eigenvalue weighted by Gasteiger charge is 2.45. The van der Waals surface area contributed by atoms with Gasteiger partial charge < -0.3 is 19.3 Å². The van der Waals surface area contributed by atoms with Crippen molar-refractivity contribution in [1.29, 1.82) is 0 Å². The van der Waals surface area contributed by atoms with Crippen molar-refractivity contribution in [1.82, 2.24) is 9.62 Å². The van der Waals surface area contributed by atoms with Gasteiger partial charge in [-0.2, -0.15) is 0 Å². The topological polar surface area (TPSA) is 105 Å². The predicted molar refractivity (Wildman–Crippen MR) is 159 cm³/mol. The van der Waals surface area contributed by atoms with Crippen molar-refractivity contribution in [3.63, 3.8) is 0 Å². The van der Waals surface area contributed by atoms with E-state index in [1.54, 1.807) is 24.1 Å². The van der Waals surface area contributed by atoms with Crippen molar-refractivity contribution in [3.05, 3.63) is 52.5 Å². The van der Waals surface area contributed by atoms with E-state index in [0.29, 0.717) is 42.7 Å². The van der Waals surface area contributed by atoms with Crippen LogP contribution < -0.4 is 14.4 Å². The molecule has 2 heterocycles. The molecule has 2 aliphatic heterocycles. The van der Waals surface area contributed by atoms with Crippen molar-refractivity contribution in [2.75, 3.05) is 44.8 Å². The third kappa shape index (κ3) is 5.26. The Bertz CT molecular complexity index is 1530. The number of nitrogens with one attached hydrogen (secondary N) is 1. The number of halogens is 1. The van der Waals surface area contributed by atoms with E-state index in [4.69, 9.17) is 21.1 Å². The number of rotatable bonds is 0. The van der Waals surface area contributed by atoms with Crippen LogP contribution in [0.4, 0.5) is 5.69 Å². The van der Waals surface area contributed by atoms with Crippen LogP contribution in [0.5, 0.6) is 5.75 Å². The van der Waals surface area contributed by atoms with E-state index < -0.39 is 21.5 Å². The highest BCUT2D eigenvalue weighted by Crippen LogP contribution is 2.46. The van der Waals surface area contributed by atoms with Gasteiger partial charge in [0.2, 0.25) is 5.91 Å². The van der Waals surface area contributed by atoms with Crippen LogP contribution in [-0.2, 0) is 36.2 Å². The fourth-order valence-electron chi connectivity index (χ4n) is 6.86. The van der Waals surface area contributed by atoms with Crippen molar-refractivity contribution < 1.29 is 27.5 Å². The minimum absolute atomic E-state index is 0.0289. The van der Waals surface area contributed by atoms with E-state index in [1.165, 1.54) is 31.0 Å². The van der Waals surface area contributed by atoms with E-state index in [-0.39, 0.29) is 34.7 Å². The first-order valence-electron chi connectivity index (χ1n) is 14.7. The van der Waals surface area contributed by atoms with Crippen molar-refractivity contribution in [2.45, 2.75) is 61.9 Å². The molecule has 2 aromatic carbocycles. The third-order valence-corrected chi connectivity index (χ3v) is 11.1. The molecular weight excluding hydrogens is 578 g/mol. The lowest BCUT2D eigenvalue weighted by Gasteiger charge is -2.44. The van der Waals surface area contributed by atoms with Gasteiger partial charge in [-0.3, -0.25) is 9.59 Å². The van der Waals surface area contributed by atoms with E-state index in [2.05, 4.69) is 15.7 Å². The Balaban J connectivity index is 1.44. The molecule has 6 rings (SSSR count). The average molecular weight is 616 g/mol. The van der Waals surface area contributed by atoms with E-state index in [9.17, 15) is 18.0 Å². The minimum atomic E-state index is -4.20. The molecule has 1 saturated carbocycles. The summed E-state index contributed by atoms with van der Waals surface area (Å²) in [5.74, 6) is -0.141. The molecule has 1 fully saturated rings. The first-order valence-corrected chi connectivity index (χ1v) is 16.5. The fraction of sp³-hybridized carbons (Fsp3) is 0.548. The monoisotopic (exact) mass is 615 g/mol. The zero-order chi connectivity index (χ0) is 29.9. The molecule has 2 aliphatic carbocycles. The number of hydrogen-bond acceptors (Lipinski definition) is 7. The summed E-state index contributed by atoms with van der Waals surface area (Å²) in [6.07, 6.45) is 4.56. The molecule has 3 atom stereocenters. The Hall–Kier alpha value is -2.82. The number of amides is 2. The Morgan fingerprint density at radius 3 is 2.67 bits per heavy atom. The highest BCUT2D eigenvalue weighted by molar-refractivity contribution is 7.90. The number of aryl methyl sites for hydroxylation is 1. The minimum Gasteiger partial charge on any atom is -0.490 e. The van der Waals surface area contributed by atoms with Gasteiger partial charge in [-0.15, -0.1) is 0 Å². The zero-order valence-electron chi connectivity index (χ0n) is 24.3. The normalized spacial score (nSPS) is 29.0. The number of sulfonamides is 1. The van der Waals surface area contributed by atoms with E-state index in [0.717, 1.165) is 32.1 Å². The molecule has 4 aliphatic rings. The molecule has 42 heavy (non-hydrogen) atoms. The summed E-state index contributed by atoms with van der Waals surface area (Å²) < 4.78 is 41.4. The molecule has 9 nitrogen and oxygen atoms in total. The number of carbonyl (C=O) groups is 2. The van der Waals surface area contributed by atoms with E-state index in [1.807, 2.05) is 12.1 Å². The number of ether oxygens (including phenoxy) is 2. The quantitative estimate of drug-likeness (QED) is 0.479. The standard InChI is InChI=1S/C31H38ClN3O6S/c1-30(2)29(37)33-42(38,39)23-8-11-27-26(16-23)35(17-21-6-9-24(21)28(36)34(3)13-14-41-30)18-31(19-40-27)12-4-5-20-15-22(32)7-10-25(20)31/h7-8,10-11,15-16,21,24H,4-6,9,12-14,17-19H2,1-3H3,(H,33,37)/t21-,24+,31-/m0/s1. The lowest BCUT2D eigenvalue weighted by atomic mass is 9.69. The molecule has 0 aromatic heterocycles. The number of carbonyl (C=O) groups excluding carboxylic acids is 2. The van der Waals surface area contributed by atoms with Crippen LogP contribution in [0.3, 0.4) is 0 Å². The summed E-state index contributed by atoms with van der Waals surface area (Å²) in [6, 6.07) is 10.8. The van der Waals surface area contributed by atoms with Gasteiger partial charge in [-0.05, 0) is 93.3 Å². The van der Waals surface area contributed by atoms with Gasteiger partial charge in [-0.1, -0.05) is 17.7 Å². The average Bonchev–Trinajstić information content (AvgIpc) is 3.07. The van der Waals surface area contributed by atoms with Crippen LogP contribution in [0.25, 0.3) is 0 Å². The summed E-state index contributed by atoms with van der Waals surface area (Å²) in [6.45, 7) is 5.08. The van der Waals surface area contributed by atoms with Crippen LogP contribution in [0, 0.1) is 11.8 Å². The molecular formula is C31H38ClN3O6S. The number of fused-ring (bicyclic) bond motifs is 4. The van der Waals surface area contributed by atoms with Crippen molar-refractivity contribution in [2.24, 2.45) is 11.8 Å². The van der Waals surface area contributed by atoms with E-state index >= 15 is 0 Å². The first kappa shape index (κ1) is 29.3. The fourth-order valence-corrected chi connectivity index (χ4v) is 8.17. The van der Waals surface area contributed by atoms with Gasteiger partial charge in [0.1, 0.15) is 11.4 Å². The SMILES string of the molecule is CN1CCOC(C)(C)C(=O)NS(=O)(=O)c2ccc3c(c2)N(C[C@@H]2CC[C@H]2C1=O)C[C@@]1(CCCc2cc(Cl)ccc21)CO3. The van der Waals surface area contributed by atoms with Crippen LogP contribution in [-0.4, -0.2) is 70.6 Å². The summed E-state index contributed by atoms with van der Waals surface area (Å²) in [5, 5.41) is 0.707. The third-order valence-electron chi connectivity index (χ3n) is 9.55. The summed E-state index contributed by atoms with van der Waals surface area (Å²) in [5.41, 5.74) is 1.33. The second-order valence-electron chi connectivity index (χ2n) is 12.7. The van der Waals surface area contributed by atoms with Crippen LogP contribution >= 0.6 is 11.6 Å². The lowest BCUT2D eigenvalue weighted by Crippen LogP contribution is -2.51. The van der Waals surface area contributed by atoms with Gasteiger partial charge in [-0.25, -0.2) is 13.1 Å². The summed E-state index contributed by atoms with van der Waals surface area (Å²) in [4.78, 5) is 30.4. The molecule has 1 spiro atoms. The second kappa shape index (κ2) is 10.7. The summed E-state index contributed by atoms with van der Waals surface area (Å²) in [7, 11) is -2.45. The van der Waals surface area contributed by atoms with Gasteiger partial charge in [0, 0.05) is 43.0 Å². The molecule has 0 unspecified atom stereocenters. The highest BCUT2D eigenvalue weighted by atomic mass is 35.5. The van der Waals surface area contributed by atoms with Crippen LogP contribution in [0.1, 0.15) is 50.7 Å². The zero-order valence-corrected chi connectivity index (χ0v) is 25.9. The molecule has 1 N–H and O–H groups in total. The van der Waals surface area contributed by atoms with Crippen LogP contribution in [0.15, 0.2) is 41.3 Å². The number of hydrogen-bond donors (Lipinski definition) is 1. The first-order chi connectivity index (χ1) is 19.9. The molecule has 226 valence electrons. The molecule has 2 bridgehead atoms. The van der Waals surface area contributed by atoms with Gasteiger partial charge in [0.05, 0.1) is 23.8 Å². The molecule has 2 amide bonds. The molecule has 11 heteroatoms. The Morgan fingerprint density at radius 2 is 1.90 bits per heavy atom. The molecule has 0 saturated heterocycles.